The van der Waals surface area contributed by atoms with E-state index in [0.29, 0.717) is 12.3 Å². The van der Waals surface area contributed by atoms with Gasteiger partial charge in [-0.3, -0.25) is 0 Å². The van der Waals surface area contributed by atoms with Crippen molar-refractivity contribution in [2.75, 3.05) is 7.11 Å². The minimum atomic E-state index is -0.600. The summed E-state index contributed by atoms with van der Waals surface area (Å²) in [4.78, 5) is 0. The van der Waals surface area contributed by atoms with Crippen LogP contribution in [0.5, 0.6) is 11.5 Å². The Kier molecular flexibility index (Phi) is 5.89. The van der Waals surface area contributed by atoms with E-state index < -0.39 is 6.10 Å². The molecule has 4 nitrogen and oxygen atoms in total. The standard InChI is InChI=1S/C20H24FNO3/c1-24-16-9-5-14(6-10-16)13-22-18-3-2-4-19(20(18)23)25-17-11-7-15(21)8-12-17/h5-12,18-20,22-23H,2-4,13H2,1H3/t18-,19+,20+/m0/s1. The molecular formula is C20H24FNO3. The van der Waals surface area contributed by atoms with Gasteiger partial charge >= 0.3 is 0 Å². The molecule has 0 saturated heterocycles. The molecule has 1 aliphatic carbocycles. The van der Waals surface area contributed by atoms with Crippen LogP contribution in [0.2, 0.25) is 0 Å². The first-order valence-corrected chi connectivity index (χ1v) is 8.62. The van der Waals surface area contributed by atoms with Crippen LogP contribution < -0.4 is 14.8 Å². The van der Waals surface area contributed by atoms with Crippen molar-refractivity contribution in [3.8, 4) is 11.5 Å². The molecule has 3 rings (SSSR count). The van der Waals surface area contributed by atoms with Crippen molar-refractivity contribution in [2.45, 2.75) is 44.1 Å². The van der Waals surface area contributed by atoms with Crippen LogP contribution in [0.25, 0.3) is 0 Å². The van der Waals surface area contributed by atoms with Crippen molar-refractivity contribution in [1.29, 1.82) is 0 Å². The van der Waals surface area contributed by atoms with E-state index in [4.69, 9.17) is 9.47 Å². The zero-order chi connectivity index (χ0) is 17.6. The van der Waals surface area contributed by atoms with Crippen LogP contribution >= 0.6 is 0 Å². The van der Waals surface area contributed by atoms with Gasteiger partial charge in [-0.15, -0.1) is 0 Å². The Bertz CT molecular complexity index is 660. The van der Waals surface area contributed by atoms with Gasteiger partial charge in [0, 0.05) is 12.6 Å². The Balaban J connectivity index is 1.55. The molecule has 2 N–H and O–H groups in total. The second-order valence-corrected chi connectivity index (χ2v) is 6.37. The van der Waals surface area contributed by atoms with Gasteiger partial charge in [-0.1, -0.05) is 12.1 Å². The number of rotatable bonds is 6. The molecule has 0 bridgehead atoms. The van der Waals surface area contributed by atoms with Crippen LogP contribution in [0.3, 0.4) is 0 Å². The average molecular weight is 345 g/mol. The predicted octanol–water partition coefficient (Wildman–Crippen LogP) is 3.28. The second-order valence-electron chi connectivity index (χ2n) is 6.37. The molecule has 5 heteroatoms. The van der Waals surface area contributed by atoms with Gasteiger partial charge in [0.15, 0.2) is 0 Å². The number of hydrogen-bond donors (Lipinski definition) is 2. The highest BCUT2D eigenvalue weighted by Crippen LogP contribution is 2.25. The summed E-state index contributed by atoms with van der Waals surface area (Å²) in [7, 11) is 1.65. The zero-order valence-corrected chi connectivity index (χ0v) is 14.3. The Labute approximate surface area is 147 Å². The lowest BCUT2D eigenvalue weighted by molar-refractivity contribution is -0.0157. The van der Waals surface area contributed by atoms with Crippen LogP contribution in [-0.2, 0) is 6.54 Å². The molecule has 25 heavy (non-hydrogen) atoms. The molecule has 0 aromatic heterocycles. The average Bonchev–Trinajstić information content (AvgIpc) is 2.64. The van der Waals surface area contributed by atoms with E-state index in [-0.39, 0.29) is 18.0 Å². The van der Waals surface area contributed by atoms with E-state index in [9.17, 15) is 9.50 Å². The molecule has 0 unspecified atom stereocenters. The van der Waals surface area contributed by atoms with Crippen molar-refractivity contribution in [3.05, 3.63) is 59.9 Å². The smallest absolute Gasteiger partial charge is 0.126 e. The van der Waals surface area contributed by atoms with Gasteiger partial charge in [0.25, 0.3) is 0 Å². The van der Waals surface area contributed by atoms with E-state index in [2.05, 4.69) is 5.32 Å². The largest absolute Gasteiger partial charge is 0.497 e. The summed E-state index contributed by atoms with van der Waals surface area (Å²) in [5.74, 6) is 1.12. The third-order valence-electron chi connectivity index (χ3n) is 4.63. The van der Waals surface area contributed by atoms with E-state index in [0.717, 1.165) is 30.6 Å². The number of ether oxygens (including phenoxy) is 2. The third-order valence-corrected chi connectivity index (χ3v) is 4.63. The molecule has 0 radical (unpaired) electrons. The number of halogens is 1. The fraction of sp³-hybridized carbons (Fsp3) is 0.400. The van der Waals surface area contributed by atoms with Crippen LogP contribution in [0, 0.1) is 5.82 Å². The number of nitrogens with one attached hydrogen (secondary N) is 1. The molecule has 2 aromatic rings. The SMILES string of the molecule is COc1ccc(CN[C@H]2CCC[C@@H](Oc3ccc(F)cc3)[C@@H]2O)cc1. The summed E-state index contributed by atoms with van der Waals surface area (Å²) in [6.45, 7) is 0.676. The first kappa shape index (κ1) is 17.7. The molecule has 2 aromatic carbocycles. The fourth-order valence-corrected chi connectivity index (χ4v) is 3.17. The van der Waals surface area contributed by atoms with Gasteiger partial charge in [0.2, 0.25) is 0 Å². The summed E-state index contributed by atoms with van der Waals surface area (Å²) in [6.07, 6.45) is 1.79. The zero-order valence-electron chi connectivity index (χ0n) is 14.3. The normalized spacial score (nSPS) is 23.2. The molecule has 0 aliphatic heterocycles. The predicted molar refractivity (Wildman–Crippen MR) is 94.3 cm³/mol. The number of hydrogen-bond acceptors (Lipinski definition) is 4. The molecule has 0 heterocycles. The minimum absolute atomic E-state index is 0.0266. The number of benzene rings is 2. The van der Waals surface area contributed by atoms with Crippen LogP contribution in [0.15, 0.2) is 48.5 Å². The molecule has 0 spiro atoms. The fourth-order valence-electron chi connectivity index (χ4n) is 3.17. The highest BCUT2D eigenvalue weighted by atomic mass is 19.1. The van der Waals surface area contributed by atoms with Gasteiger partial charge < -0.3 is 19.9 Å². The van der Waals surface area contributed by atoms with E-state index >= 15 is 0 Å². The van der Waals surface area contributed by atoms with E-state index in [1.807, 2.05) is 24.3 Å². The maximum atomic E-state index is 13.0. The molecular weight excluding hydrogens is 321 g/mol. The summed E-state index contributed by atoms with van der Waals surface area (Å²) in [5.41, 5.74) is 1.13. The Hall–Kier alpha value is -2.11. The second kappa shape index (κ2) is 8.32. The van der Waals surface area contributed by atoms with Gasteiger partial charge in [0.05, 0.1) is 7.11 Å². The Morgan fingerprint density at radius 1 is 1.04 bits per heavy atom. The maximum absolute atomic E-state index is 13.0. The van der Waals surface area contributed by atoms with Crippen LogP contribution in [-0.4, -0.2) is 30.5 Å². The Morgan fingerprint density at radius 2 is 1.72 bits per heavy atom. The number of aliphatic hydroxyl groups is 1. The monoisotopic (exact) mass is 345 g/mol. The lowest BCUT2D eigenvalue weighted by Crippen LogP contribution is -2.50. The van der Waals surface area contributed by atoms with Crippen molar-refractivity contribution in [3.63, 3.8) is 0 Å². The third kappa shape index (κ3) is 4.71. The number of aliphatic hydroxyl groups excluding tert-OH is 1. The van der Waals surface area contributed by atoms with E-state index in [1.54, 1.807) is 19.2 Å². The molecule has 1 saturated carbocycles. The highest BCUT2D eigenvalue weighted by Gasteiger charge is 2.33. The summed E-state index contributed by atoms with van der Waals surface area (Å²) < 4.78 is 24.0. The molecule has 1 fully saturated rings. The van der Waals surface area contributed by atoms with E-state index in [1.165, 1.54) is 12.1 Å². The molecule has 0 amide bonds. The van der Waals surface area contributed by atoms with Gasteiger partial charge in [0.1, 0.15) is 29.5 Å². The topological polar surface area (TPSA) is 50.7 Å². The molecule has 3 atom stereocenters. The van der Waals surface area contributed by atoms with Crippen LogP contribution in [0.4, 0.5) is 4.39 Å². The quantitative estimate of drug-likeness (QED) is 0.844. The summed E-state index contributed by atoms with van der Waals surface area (Å²) in [5, 5.41) is 14.0. The number of methoxy groups -OCH3 is 1. The van der Waals surface area contributed by atoms with Crippen LogP contribution in [0.1, 0.15) is 24.8 Å². The lowest BCUT2D eigenvalue weighted by Gasteiger charge is -2.35. The molecule has 134 valence electrons. The van der Waals surface area contributed by atoms with Crippen molar-refractivity contribution in [2.24, 2.45) is 0 Å². The summed E-state index contributed by atoms with van der Waals surface area (Å²) in [6, 6.07) is 13.8. The summed E-state index contributed by atoms with van der Waals surface area (Å²) >= 11 is 0. The van der Waals surface area contributed by atoms with Crippen molar-refractivity contribution >= 4 is 0 Å². The van der Waals surface area contributed by atoms with Gasteiger partial charge in [-0.25, -0.2) is 4.39 Å². The maximum Gasteiger partial charge on any atom is 0.126 e. The molecule has 1 aliphatic rings. The van der Waals surface area contributed by atoms with Crippen molar-refractivity contribution in [1.82, 2.24) is 5.32 Å². The first-order chi connectivity index (χ1) is 12.2. The lowest BCUT2D eigenvalue weighted by atomic mass is 9.89. The van der Waals surface area contributed by atoms with Gasteiger partial charge in [-0.05, 0) is 61.2 Å². The van der Waals surface area contributed by atoms with Gasteiger partial charge in [-0.2, -0.15) is 0 Å². The highest BCUT2D eigenvalue weighted by molar-refractivity contribution is 5.27. The first-order valence-electron chi connectivity index (χ1n) is 8.62. The minimum Gasteiger partial charge on any atom is -0.497 e. The van der Waals surface area contributed by atoms with Crippen molar-refractivity contribution < 1.29 is 19.0 Å². The Morgan fingerprint density at radius 3 is 2.40 bits per heavy atom.